The van der Waals surface area contributed by atoms with E-state index in [0.717, 1.165) is 18.5 Å². The minimum Gasteiger partial charge on any atom is -0.399 e. The first-order valence-corrected chi connectivity index (χ1v) is 6.27. The molecule has 0 aliphatic heterocycles. The number of hydrogen-bond donors (Lipinski definition) is 1. The molecule has 1 aromatic carbocycles. The van der Waals surface area contributed by atoms with Gasteiger partial charge in [-0.3, -0.25) is 9.69 Å². The van der Waals surface area contributed by atoms with Gasteiger partial charge in [-0.2, -0.15) is 0 Å². The van der Waals surface area contributed by atoms with Gasteiger partial charge in [0.25, 0.3) is 0 Å². The maximum absolute atomic E-state index is 11.7. The van der Waals surface area contributed by atoms with Gasteiger partial charge in [0.15, 0.2) is 0 Å². The Hall–Kier alpha value is -1.55. The van der Waals surface area contributed by atoms with Crippen LogP contribution in [0.25, 0.3) is 0 Å². The number of anilines is 1. The molecular formula is C14H21N3O. The first-order chi connectivity index (χ1) is 8.49. The Morgan fingerprint density at radius 3 is 2.78 bits per heavy atom. The van der Waals surface area contributed by atoms with Crippen LogP contribution in [0.3, 0.4) is 0 Å². The molecule has 4 heteroatoms. The van der Waals surface area contributed by atoms with Gasteiger partial charge in [-0.05, 0) is 43.1 Å². The van der Waals surface area contributed by atoms with E-state index in [1.54, 1.807) is 19.0 Å². The Kier molecular flexibility index (Phi) is 3.57. The second-order valence-corrected chi connectivity index (χ2v) is 5.22. The van der Waals surface area contributed by atoms with E-state index >= 15 is 0 Å². The number of carbonyl (C=O) groups is 1. The summed E-state index contributed by atoms with van der Waals surface area (Å²) in [6.07, 6.45) is 2.11. The van der Waals surface area contributed by atoms with Crippen LogP contribution >= 0.6 is 0 Å². The van der Waals surface area contributed by atoms with Gasteiger partial charge in [-0.1, -0.05) is 6.07 Å². The van der Waals surface area contributed by atoms with Gasteiger partial charge in [0.2, 0.25) is 5.91 Å². The first-order valence-electron chi connectivity index (χ1n) is 6.27. The van der Waals surface area contributed by atoms with Crippen molar-refractivity contribution in [3.63, 3.8) is 0 Å². The number of rotatable bonds is 3. The molecule has 1 aliphatic carbocycles. The zero-order valence-electron chi connectivity index (χ0n) is 11.3. The molecule has 1 amide bonds. The number of fused-ring (bicyclic) bond motifs is 1. The van der Waals surface area contributed by atoms with Crippen molar-refractivity contribution >= 4 is 11.6 Å². The monoisotopic (exact) mass is 247 g/mol. The zero-order valence-corrected chi connectivity index (χ0v) is 11.3. The van der Waals surface area contributed by atoms with Crippen molar-refractivity contribution < 1.29 is 4.79 Å². The van der Waals surface area contributed by atoms with Crippen molar-refractivity contribution in [3.8, 4) is 0 Å². The topological polar surface area (TPSA) is 49.6 Å². The highest BCUT2D eigenvalue weighted by atomic mass is 16.2. The summed E-state index contributed by atoms with van der Waals surface area (Å²) >= 11 is 0. The Morgan fingerprint density at radius 2 is 2.11 bits per heavy atom. The lowest BCUT2D eigenvalue weighted by Crippen LogP contribution is -2.35. The Labute approximate surface area is 108 Å². The first kappa shape index (κ1) is 12.9. The molecule has 1 unspecified atom stereocenters. The second kappa shape index (κ2) is 4.98. The van der Waals surface area contributed by atoms with E-state index in [9.17, 15) is 4.79 Å². The maximum atomic E-state index is 11.7. The third-order valence-electron chi connectivity index (χ3n) is 3.63. The number of benzene rings is 1. The van der Waals surface area contributed by atoms with Gasteiger partial charge in [-0.25, -0.2) is 0 Å². The number of amides is 1. The Morgan fingerprint density at radius 1 is 1.39 bits per heavy atom. The van der Waals surface area contributed by atoms with E-state index < -0.39 is 0 Å². The lowest BCUT2D eigenvalue weighted by Gasteiger charge is -2.26. The quantitative estimate of drug-likeness (QED) is 0.819. The van der Waals surface area contributed by atoms with E-state index in [0.29, 0.717) is 12.6 Å². The molecule has 4 nitrogen and oxygen atoms in total. The third kappa shape index (κ3) is 2.48. The minimum atomic E-state index is 0.140. The molecule has 0 saturated carbocycles. The number of nitrogens with zero attached hydrogens (tertiary/aromatic N) is 2. The maximum Gasteiger partial charge on any atom is 0.236 e. The van der Waals surface area contributed by atoms with Crippen LogP contribution in [-0.4, -0.2) is 43.4 Å². The molecule has 1 aliphatic rings. The van der Waals surface area contributed by atoms with Gasteiger partial charge < -0.3 is 10.6 Å². The Balaban J connectivity index is 2.11. The van der Waals surface area contributed by atoms with E-state index in [-0.39, 0.29) is 5.91 Å². The summed E-state index contributed by atoms with van der Waals surface area (Å²) in [7, 11) is 5.59. The molecule has 2 rings (SSSR count). The smallest absolute Gasteiger partial charge is 0.236 e. The van der Waals surface area contributed by atoms with Crippen molar-refractivity contribution in [2.24, 2.45) is 0 Å². The van der Waals surface area contributed by atoms with Crippen LogP contribution in [0.4, 0.5) is 5.69 Å². The fourth-order valence-electron chi connectivity index (χ4n) is 2.54. The Bertz CT molecular complexity index is 456. The van der Waals surface area contributed by atoms with Crippen LogP contribution in [-0.2, 0) is 11.2 Å². The normalized spacial score (nSPS) is 17.9. The van der Waals surface area contributed by atoms with E-state index in [1.165, 1.54) is 11.1 Å². The zero-order chi connectivity index (χ0) is 13.3. The number of hydrogen-bond acceptors (Lipinski definition) is 3. The number of aryl methyl sites for hydroxylation is 1. The lowest BCUT2D eigenvalue weighted by molar-refractivity contribution is -0.130. The van der Waals surface area contributed by atoms with Crippen LogP contribution < -0.4 is 5.73 Å². The van der Waals surface area contributed by atoms with Crippen LogP contribution in [0.15, 0.2) is 18.2 Å². The lowest BCUT2D eigenvalue weighted by atomic mass is 10.1. The number of nitrogen functional groups attached to an aromatic ring is 1. The molecular weight excluding hydrogens is 226 g/mol. The molecule has 0 spiro atoms. The van der Waals surface area contributed by atoms with Crippen molar-refractivity contribution in [3.05, 3.63) is 29.3 Å². The number of likely N-dealkylation sites (N-methyl/N-ethyl adjacent to an activating group) is 2. The summed E-state index contributed by atoms with van der Waals surface area (Å²) < 4.78 is 0. The predicted molar refractivity (Wildman–Crippen MR) is 73.2 cm³/mol. The third-order valence-corrected chi connectivity index (χ3v) is 3.63. The highest BCUT2D eigenvalue weighted by Crippen LogP contribution is 2.35. The highest BCUT2D eigenvalue weighted by Gasteiger charge is 2.27. The molecule has 0 aromatic heterocycles. The fraction of sp³-hybridized carbons (Fsp3) is 0.500. The van der Waals surface area contributed by atoms with Gasteiger partial charge in [-0.15, -0.1) is 0 Å². The molecule has 0 radical (unpaired) electrons. The molecule has 0 bridgehead atoms. The average molecular weight is 247 g/mol. The molecule has 0 saturated heterocycles. The summed E-state index contributed by atoms with van der Waals surface area (Å²) in [5.74, 6) is 0.140. The van der Waals surface area contributed by atoms with Crippen molar-refractivity contribution in [1.82, 2.24) is 9.80 Å². The minimum absolute atomic E-state index is 0.140. The predicted octanol–water partition coefficient (Wildman–Crippen LogP) is 1.28. The molecule has 2 N–H and O–H groups in total. The number of carbonyl (C=O) groups excluding carboxylic acids is 1. The number of nitrogens with two attached hydrogens (primary N) is 1. The van der Waals surface area contributed by atoms with Gasteiger partial charge in [0.05, 0.1) is 6.54 Å². The van der Waals surface area contributed by atoms with Crippen LogP contribution in [0.5, 0.6) is 0 Å². The molecule has 1 atom stereocenters. The van der Waals surface area contributed by atoms with E-state index in [4.69, 9.17) is 5.73 Å². The second-order valence-electron chi connectivity index (χ2n) is 5.22. The SMILES string of the molecule is CN(C)C(=O)CN(C)C1CCc2cc(N)ccc21. The van der Waals surface area contributed by atoms with Crippen LogP contribution in [0.2, 0.25) is 0 Å². The van der Waals surface area contributed by atoms with Crippen molar-refractivity contribution in [2.45, 2.75) is 18.9 Å². The van der Waals surface area contributed by atoms with Crippen LogP contribution in [0, 0.1) is 0 Å². The molecule has 1 aromatic rings. The fourth-order valence-corrected chi connectivity index (χ4v) is 2.54. The van der Waals surface area contributed by atoms with E-state index in [2.05, 4.69) is 17.0 Å². The molecule has 0 fully saturated rings. The molecule has 98 valence electrons. The summed E-state index contributed by atoms with van der Waals surface area (Å²) in [4.78, 5) is 15.5. The van der Waals surface area contributed by atoms with Crippen molar-refractivity contribution in [1.29, 1.82) is 0 Å². The molecule has 18 heavy (non-hydrogen) atoms. The summed E-state index contributed by atoms with van der Waals surface area (Å²) in [5.41, 5.74) is 9.26. The standard InChI is InChI=1S/C14H21N3O/c1-16(2)14(18)9-17(3)13-7-4-10-8-11(15)5-6-12(10)13/h5-6,8,13H,4,7,9,15H2,1-3H3. The largest absolute Gasteiger partial charge is 0.399 e. The van der Waals surface area contributed by atoms with Crippen LogP contribution in [0.1, 0.15) is 23.6 Å². The van der Waals surface area contributed by atoms with Crippen molar-refractivity contribution in [2.75, 3.05) is 33.4 Å². The summed E-state index contributed by atoms with van der Waals surface area (Å²) in [6, 6.07) is 6.43. The molecule has 0 heterocycles. The summed E-state index contributed by atoms with van der Waals surface area (Å²) in [6.45, 7) is 0.460. The van der Waals surface area contributed by atoms with E-state index in [1.807, 2.05) is 13.1 Å². The highest BCUT2D eigenvalue weighted by molar-refractivity contribution is 5.77. The van der Waals surface area contributed by atoms with Gasteiger partial charge >= 0.3 is 0 Å². The average Bonchev–Trinajstić information content (AvgIpc) is 2.71. The van der Waals surface area contributed by atoms with Gasteiger partial charge in [0, 0.05) is 25.8 Å². The summed E-state index contributed by atoms with van der Waals surface area (Å²) in [5, 5.41) is 0. The van der Waals surface area contributed by atoms with Gasteiger partial charge in [0.1, 0.15) is 0 Å².